The van der Waals surface area contributed by atoms with Crippen LogP contribution in [0.4, 0.5) is 0 Å². The molecule has 2 nitrogen and oxygen atoms in total. The number of halogens is 2. The van der Waals surface area contributed by atoms with Crippen molar-refractivity contribution >= 4 is 34.0 Å². The molecule has 0 aliphatic rings. The zero-order chi connectivity index (χ0) is 17.9. The molecule has 5 heteroatoms. The van der Waals surface area contributed by atoms with Gasteiger partial charge in [0.25, 0.3) is 0 Å². The zero-order valence-corrected chi connectivity index (χ0v) is 15.6. The summed E-state index contributed by atoms with van der Waals surface area (Å²) in [5.41, 5.74) is 0.00341. The molecule has 25 heavy (non-hydrogen) atoms. The van der Waals surface area contributed by atoms with Gasteiger partial charge in [-0.1, -0.05) is 83.9 Å². The quantitative estimate of drug-likeness (QED) is 0.662. The number of aliphatic hydroxyl groups is 1. The van der Waals surface area contributed by atoms with Gasteiger partial charge in [0.1, 0.15) is 5.60 Å². The molecule has 0 aromatic heterocycles. The Bertz CT molecular complexity index is 843. The molecule has 1 atom stereocenters. The Hall–Kier alpha value is -1.65. The number of rotatable bonds is 5. The number of hydrogen-bond donors (Lipinski definition) is 1. The second-order valence-electron chi connectivity index (χ2n) is 5.66. The molecule has 0 bridgehead atoms. The Morgan fingerprint density at radius 3 is 1.80 bits per heavy atom. The fourth-order valence-corrected chi connectivity index (χ4v) is 4.36. The van der Waals surface area contributed by atoms with E-state index in [1.807, 2.05) is 60.7 Å². The van der Waals surface area contributed by atoms with Gasteiger partial charge in [0.15, 0.2) is 0 Å². The summed E-state index contributed by atoms with van der Waals surface area (Å²) in [5.74, 6) is 0.0129. The highest BCUT2D eigenvalue weighted by Crippen LogP contribution is 2.33. The normalized spacial score (nSPS) is 12.8. The van der Waals surface area contributed by atoms with Crippen molar-refractivity contribution < 1.29 is 9.32 Å². The second-order valence-corrected chi connectivity index (χ2v) is 7.92. The molecule has 0 aliphatic carbocycles. The van der Waals surface area contributed by atoms with E-state index in [1.54, 1.807) is 18.2 Å². The van der Waals surface area contributed by atoms with Crippen LogP contribution in [0.1, 0.15) is 11.1 Å². The zero-order valence-electron chi connectivity index (χ0n) is 13.2. The maximum atomic E-state index is 12.9. The molecular formula is C20H16Cl2O2S. The van der Waals surface area contributed by atoms with Crippen LogP contribution in [-0.2, 0) is 16.4 Å². The van der Waals surface area contributed by atoms with Crippen LogP contribution < -0.4 is 0 Å². The van der Waals surface area contributed by atoms with Gasteiger partial charge in [-0.3, -0.25) is 4.21 Å². The Balaban J connectivity index is 2.01. The summed E-state index contributed by atoms with van der Waals surface area (Å²) >= 11 is 12.0. The van der Waals surface area contributed by atoms with E-state index >= 15 is 0 Å². The largest absolute Gasteiger partial charge is 0.379 e. The molecule has 0 radical (unpaired) electrons. The Morgan fingerprint density at radius 2 is 1.32 bits per heavy atom. The Kier molecular flexibility index (Phi) is 5.60. The van der Waals surface area contributed by atoms with Gasteiger partial charge in [-0.25, -0.2) is 0 Å². The van der Waals surface area contributed by atoms with E-state index in [4.69, 9.17) is 23.2 Å². The fourth-order valence-electron chi connectivity index (χ4n) is 2.65. The van der Waals surface area contributed by atoms with E-state index in [-0.39, 0.29) is 5.75 Å². The van der Waals surface area contributed by atoms with Crippen LogP contribution in [0, 0.1) is 0 Å². The maximum Gasteiger partial charge on any atom is 0.126 e. The van der Waals surface area contributed by atoms with Crippen LogP contribution in [0.5, 0.6) is 0 Å². The lowest BCUT2D eigenvalue weighted by Crippen LogP contribution is -2.33. The maximum absolute atomic E-state index is 12.9. The van der Waals surface area contributed by atoms with Crippen LogP contribution >= 0.6 is 23.2 Å². The van der Waals surface area contributed by atoms with Crippen LogP contribution in [0.3, 0.4) is 0 Å². The van der Waals surface area contributed by atoms with Crippen LogP contribution in [0.2, 0.25) is 10.0 Å². The molecule has 0 saturated carbocycles. The molecule has 3 rings (SSSR count). The van der Waals surface area contributed by atoms with E-state index in [0.29, 0.717) is 26.1 Å². The molecule has 0 heterocycles. The molecule has 0 fully saturated rings. The minimum atomic E-state index is -1.47. The van der Waals surface area contributed by atoms with Gasteiger partial charge in [0, 0.05) is 4.90 Å². The van der Waals surface area contributed by atoms with Crippen molar-refractivity contribution in [2.45, 2.75) is 10.5 Å². The fraction of sp³-hybridized carbons (Fsp3) is 0.100. The highest BCUT2D eigenvalue weighted by atomic mass is 35.5. The first-order valence-electron chi connectivity index (χ1n) is 7.67. The average molecular weight is 391 g/mol. The van der Waals surface area contributed by atoms with Gasteiger partial charge in [-0.05, 0) is 29.3 Å². The highest BCUT2D eigenvalue weighted by molar-refractivity contribution is 7.85. The molecule has 0 saturated heterocycles. The SMILES string of the molecule is O=[S@](CC(O)(c1ccccc1)c1ccccc1)c1ccc(Cl)c(Cl)c1. The van der Waals surface area contributed by atoms with Gasteiger partial charge in [-0.15, -0.1) is 0 Å². The van der Waals surface area contributed by atoms with E-state index in [1.165, 1.54) is 0 Å². The highest BCUT2D eigenvalue weighted by Gasteiger charge is 2.34. The van der Waals surface area contributed by atoms with Gasteiger partial charge in [-0.2, -0.15) is 0 Å². The summed E-state index contributed by atoms with van der Waals surface area (Å²) in [5, 5.41) is 12.2. The average Bonchev–Trinajstić information content (AvgIpc) is 2.65. The third-order valence-corrected chi connectivity index (χ3v) is 6.20. The summed E-state index contributed by atoms with van der Waals surface area (Å²) in [4.78, 5) is 0.527. The van der Waals surface area contributed by atoms with Gasteiger partial charge in [0.2, 0.25) is 0 Å². The van der Waals surface area contributed by atoms with Crippen LogP contribution in [-0.4, -0.2) is 15.1 Å². The van der Waals surface area contributed by atoms with Crippen molar-refractivity contribution in [1.82, 2.24) is 0 Å². The van der Waals surface area contributed by atoms with Crippen molar-refractivity contribution in [2.24, 2.45) is 0 Å². The molecule has 0 amide bonds. The number of benzene rings is 3. The summed E-state index contributed by atoms with van der Waals surface area (Å²) in [6.07, 6.45) is 0. The Morgan fingerprint density at radius 1 is 0.800 bits per heavy atom. The molecule has 3 aromatic rings. The van der Waals surface area contributed by atoms with Gasteiger partial charge < -0.3 is 5.11 Å². The molecule has 0 aliphatic heterocycles. The van der Waals surface area contributed by atoms with Crippen molar-refractivity contribution in [1.29, 1.82) is 0 Å². The van der Waals surface area contributed by atoms with Crippen LogP contribution in [0.25, 0.3) is 0 Å². The lowest BCUT2D eigenvalue weighted by molar-refractivity contribution is 0.106. The smallest absolute Gasteiger partial charge is 0.126 e. The van der Waals surface area contributed by atoms with E-state index < -0.39 is 16.4 Å². The molecular weight excluding hydrogens is 375 g/mol. The third kappa shape index (κ3) is 3.96. The minimum Gasteiger partial charge on any atom is -0.379 e. The van der Waals surface area contributed by atoms with Gasteiger partial charge >= 0.3 is 0 Å². The predicted molar refractivity (Wildman–Crippen MR) is 104 cm³/mol. The van der Waals surface area contributed by atoms with E-state index in [9.17, 15) is 9.32 Å². The predicted octanol–water partition coefficient (Wildman–Crippen LogP) is 5.04. The summed E-state index contributed by atoms with van der Waals surface area (Å²) in [6.45, 7) is 0. The molecule has 0 spiro atoms. The first-order chi connectivity index (χ1) is 12.0. The van der Waals surface area contributed by atoms with Crippen molar-refractivity contribution in [3.8, 4) is 0 Å². The first kappa shape index (κ1) is 18.2. The molecule has 1 N–H and O–H groups in total. The summed E-state index contributed by atoms with van der Waals surface area (Å²) in [7, 11) is -1.47. The Labute approximate surface area is 159 Å². The second kappa shape index (κ2) is 7.71. The third-order valence-electron chi connectivity index (χ3n) is 4.00. The molecule has 128 valence electrons. The van der Waals surface area contributed by atoms with Crippen molar-refractivity contribution in [3.05, 3.63) is 100 Å². The first-order valence-corrected chi connectivity index (χ1v) is 9.75. The standard InChI is InChI=1S/C20H16Cl2O2S/c21-18-12-11-17(13-19(18)22)25(24)14-20(23,15-7-3-1-4-8-15)16-9-5-2-6-10-16/h1-13,23H,14H2/t25-/m1/s1. The van der Waals surface area contributed by atoms with E-state index in [2.05, 4.69) is 0 Å². The lowest BCUT2D eigenvalue weighted by Gasteiger charge is -2.29. The molecule has 3 aromatic carbocycles. The van der Waals surface area contributed by atoms with Crippen molar-refractivity contribution in [3.63, 3.8) is 0 Å². The topological polar surface area (TPSA) is 37.3 Å². The van der Waals surface area contributed by atoms with E-state index in [0.717, 1.165) is 0 Å². The molecule has 0 unspecified atom stereocenters. The monoisotopic (exact) mass is 390 g/mol. The van der Waals surface area contributed by atoms with Crippen LogP contribution in [0.15, 0.2) is 83.8 Å². The van der Waals surface area contributed by atoms with Gasteiger partial charge in [0.05, 0.1) is 26.6 Å². The summed E-state index contributed by atoms with van der Waals surface area (Å²) in [6, 6.07) is 23.4. The number of hydrogen-bond acceptors (Lipinski definition) is 2. The minimum absolute atomic E-state index is 0.0129. The van der Waals surface area contributed by atoms with Crippen molar-refractivity contribution in [2.75, 3.05) is 5.75 Å². The summed E-state index contributed by atoms with van der Waals surface area (Å²) < 4.78 is 12.9. The lowest BCUT2D eigenvalue weighted by atomic mass is 9.88.